The van der Waals surface area contributed by atoms with E-state index >= 15 is 4.39 Å². The molecule has 0 spiro atoms. The van der Waals surface area contributed by atoms with Crippen molar-refractivity contribution in [2.45, 2.75) is 76.4 Å². The molecule has 178 valence electrons. The normalized spacial score (nSPS) is 51.8. The highest BCUT2D eigenvalue weighted by molar-refractivity contribution is 7.46. The number of carbonyl (C=O) groups is 2. The van der Waals surface area contributed by atoms with Gasteiger partial charge in [-0.05, 0) is 44.4 Å². The minimum atomic E-state index is -4.90. The van der Waals surface area contributed by atoms with Crippen LogP contribution in [0.4, 0.5) is 4.39 Å². The molecule has 0 aromatic heterocycles. The molecule has 10 heteroatoms. The molecule has 4 aliphatic carbocycles. The molecule has 0 unspecified atom stereocenters. The number of ether oxygens (including phenoxy) is 1. The predicted molar refractivity (Wildman–Crippen MR) is 109 cm³/mol. The third-order valence-corrected chi connectivity index (χ3v) is 10.2. The first-order valence-corrected chi connectivity index (χ1v) is 12.8. The van der Waals surface area contributed by atoms with Crippen molar-refractivity contribution < 1.29 is 42.7 Å². The van der Waals surface area contributed by atoms with Crippen LogP contribution in [0.1, 0.15) is 52.9 Å². The summed E-state index contributed by atoms with van der Waals surface area (Å²) in [6, 6.07) is 0. The van der Waals surface area contributed by atoms with Gasteiger partial charge >= 0.3 is 7.82 Å². The van der Waals surface area contributed by atoms with E-state index in [1.165, 1.54) is 0 Å². The van der Waals surface area contributed by atoms with Gasteiger partial charge in [0.05, 0.1) is 11.5 Å². The van der Waals surface area contributed by atoms with Gasteiger partial charge < -0.3 is 19.6 Å². The minimum Gasteiger partial charge on any atom is -0.381 e. The number of allylic oxidation sites excluding steroid dienone is 1. The molecule has 0 aromatic rings. The summed E-state index contributed by atoms with van der Waals surface area (Å²) in [5.41, 5.74) is -4.93. The van der Waals surface area contributed by atoms with Gasteiger partial charge in [-0.15, -0.1) is 0 Å². The van der Waals surface area contributed by atoms with Gasteiger partial charge in [-0.25, -0.2) is 8.96 Å². The standard InChI is InChI=1S/C22H30FO8P/c1-11-8-14-13-6-4-12-5-7-15(24)18-20(12,3)21(13,23)17(31-18)9-19(14,2)22(11,26)16(25)10-30-32(27,28)29/h5,11,13-14,17-18,26H,4,6-10H2,1-3H3,(H2,27,28,29)/t11-,13+,14+,17+,18-,19+,20-,21+,22+/m1/s1. The van der Waals surface area contributed by atoms with Crippen LogP contribution in [0.2, 0.25) is 0 Å². The molecule has 5 aliphatic rings. The van der Waals surface area contributed by atoms with E-state index in [9.17, 15) is 19.3 Å². The lowest BCUT2D eigenvalue weighted by atomic mass is 9.44. The van der Waals surface area contributed by atoms with Gasteiger partial charge in [-0.2, -0.15) is 0 Å². The fraction of sp³-hybridized carbons (Fsp3) is 0.818. The molecule has 8 nitrogen and oxygen atoms in total. The zero-order valence-corrected chi connectivity index (χ0v) is 19.3. The Balaban J connectivity index is 1.57. The zero-order chi connectivity index (χ0) is 23.5. The largest absolute Gasteiger partial charge is 0.470 e. The third kappa shape index (κ3) is 2.48. The number of hydrogen-bond acceptors (Lipinski definition) is 6. The van der Waals surface area contributed by atoms with Crippen molar-refractivity contribution in [3.05, 3.63) is 11.6 Å². The van der Waals surface area contributed by atoms with E-state index < -0.39 is 66.4 Å². The molecule has 1 heterocycles. The molecule has 4 fully saturated rings. The highest BCUT2D eigenvalue weighted by Gasteiger charge is 2.80. The predicted octanol–water partition coefficient (Wildman–Crippen LogP) is 2.25. The molecule has 3 saturated carbocycles. The molecule has 5 rings (SSSR count). The number of fused-ring (bicyclic) bond motifs is 2. The van der Waals surface area contributed by atoms with Crippen LogP contribution < -0.4 is 0 Å². The number of aliphatic hydroxyl groups is 1. The minimum absolute atomic E-state index is 0.0415. The van der Waals surface area contributed by atoms with E-state index in [4.69, 9.17) is 14.5 Å². The highest BCUT2D eigenvalue weighted by Crippen LogP contribution is 2.74. The second-order valence-electron chi connectivity index (χ2n) is 10.8. The molecular formula is C22H30FO8P. The van der Waals surface area contributed by atoms with E-state index in [2.05, 4.69) is 4.52 Å². The fourth-order valence-corrected chi connectivity index (χ4v) is 8.58. The second-order valence-corrected chi connectivity index (χ2v) is 12.1. The Labute approximate surface area is 185 Å². The molecule has 0 amide bonds. The Morgan fingerprint density at radius 3 is 2.69 bits per heavy atom. The summed E-state index contributed by atoms with van der Waals surface area (Å²) in [5.74, 6) is -2.37. The average molecular weight is 472 g/mol. The Morgan fingerprint density at radius 1 is 1.34 bits per heavy atom. The number of rotatable bonds is 4. The molecule has 1 aliphatic heterocycles. The number of alkyl halides is 1. The smallest absolute Gasteiger partial charge is 0.381 e. The van der Waals surface area contributed by atoms with Crippen LogP contribution in [0.15, 0.2) is 11.6 Å². The average Bonchev–Trinajstić information content (AvgIpc) is 3.05. The van der Waals surface area contributed by atoms with E-state index in [1.54, 1.807) is 20.8 Å². The van der Waals surface area contributed by atoms with E-state index in [1.807, 2.05) is 6.08 Å². The topological polar surface area (TPSA) is 130 Å². The monoisotopic (exact) mass is 472 g/mol. The molecule has 0 radical (unpaired) electrons. The van der Waals surface area contributed by atoms with Crippen molar-refractivity contribution in [2.24, 2.45) is 28.6 Å². The summed E-state index contributed by atoms with van der Waals surface area (Å²) in [6.07, 6.45) is 1.86. The molecule has 32 heavy (non-hydrogen) atoms. The quantitative estimate of drug-likeness (QED) is 0.420. The van der Waals surface area contributed by atoms with Gasteiger partial charge in [-0.1, -0.05) is 25.5 Å². The van der Waals surface area contributed by atoms with Crippen molar-refractivity contribution >= 4 is 19.4 Å². The van der Waals surface area contributed by atoms with Crippen molar-refractivity contribution in [2.75, 3.05) is 6.61 Å². The van der Waals surface area contributed by atoms with Gasteiger partial charge in [0.1, 0.15) is 18.3 Å². The molecular weight excluding hydrogens is 442 g/mol. The van der Waals surface area contributed by atoms with Crippen molar-refractivity contribution in [1.82, 2.24) is 0 Å². The van der Waals surface area contributed by atoms with Crippen LogP contribution in [-0.2, 0) is 23.4 Å². The van der Waals surface area contributed by atoms with Gasteiger partial charge in [0.25, 0.3) is 0 Å². The maximum Gasteiger partial charge on any atom is 0.470 e. The van der Waals surface area contributed by atoms with Crippen LogP contribution >= 0.6 is 7.82 Å². The number of phosphoric acid groups is 1. The molecule has 9 atom stereocenters. The summed E-state index contributed by atoms with van der Waals surface area (Å²) in [7, 11) is -4.90. The number of phosphoric ester groups is 1. The van der Waals surface area contributed by atoms with Gasteiger partial charge in [-0.3, -0.25) is 14.1 Å². The lowest BCUT2D eigenvalue weighted by Gasteiger charge is -2.60. The maximum absolute atomic E-state index is 17.2. The van der Waals surface area contributed by atoms with Crippen LogP contribution in [0.25, 0.3) is 0 Å². The second kappa shape index (κ2) is 6.58. The van der Waals surface area contributed by atoms with Gasteiger partial charge in [0.15, 0.2) is 17.2 Å². The van der Waals surface area contributed by atoms with Crippen LogP contribution in [0.3, 0.4) is 0 Å². The first kappa shape index (κ1) is 22.8. The first-order chi connectivity index (χ1) is 14.7. The summed E-state index contributed by atoms with van der Waals surface area (Å²) >= 11 is 0. The Morgan fingerprint density at radius 2 is 2.03 bits per heavy atom. The summed E-state index contributed by atoms with van der Waals surface area (Å²) < 4.78 is 38.9. The summed E-state index contributed by atoms with van der Waals surface area (Å²) in [6.45, 7) is 4.31. The van der Waals surface area contributed by atoms with Crippen LogP contribution in [0, 0.1) is 28.6 Å². The van der Waals surface area contributed by atoms with E-state index in [0.29, 0.717) is 19.3 Å². The van der Waals surface area contributed by atoms with Gasteiger partial charge in [0.2, 0.25) is 0 Å². The number of ketones is 2. The van der Waals surface area contributed by atoms with Gasteiger partial charge in [0, 0.05) is 17.8 Å². The fourth-order valence-electron chi connectivity index (χ4n) is 8.29. The Bertz CT molecular complexity index is 977. The molecule has 1 saturated heterocycles. The summed E-state index contributed by atoms with van der Waals surface area (Å²) in [5, 5.41) is 11.7. The first-order valence-electron chi connectivity index (χ1n) is 11.2. The number of hydrogen-bond donors (Lipinski definition) is 3. The van der Waals surface area contributed by atoms with Crippen LogP contribution in [-0.4, -0.2) is 56.5 Å². The molecule has 0 bridgehead atoms. The molecule has 3 N–H and O–H groups in total. The third-order valence-electron chi connectivity index (χ3n) is 9.76. The van der Waals surface area contributed by atoms with E-state index in [-0.39, 0.29) is 24.5 Å². The highest BCUT2D eigenvalue weighted by atomic mass is 31.2. The number of Topliss-reactive ketones (excluding diaryl/α,β-unsaturated/α-hetero) is 2. The van der Waals surface area contributed by atoms with Crippen molar-refractivity contribution in [1.29, 1.82) is 0 Å². The SMILES string of the molecule is C[C@@H]1C[C@H]2[C@@H]3CCC4=CCC(=O)[C@H]5O[C@@H](C[C@]2(C)[C@@]1(O)C(=O)COP(=O)(O)O)[C@]3(F)[C@]45C. The lowest BCUT2D eigenvalue weighted by Crippen LogP contribution is -2.68. The maximum atomic E-state index is 17.2. The number of carbonyl (C=O) groups excluding carboxylic acids is 2. The zero-order valence-electron chi connectivity index (χ0n) is 18.4. The van der Waals surface area contributed by atoms with Crippen molar-refractivity contribution in [3.8, 4) is 0 Å². The summed E-state index contributed by atoms with van der Waals surface area (Å²) in [4.78, 5) is 43.9. The van der Waals surface area contributed by atoms with Crippen LogP contribution in [0.5, 0.6) is 0 Å². The van der Waals surface area contributed by atoms with E-state index in [0.717, 1.165) is 5.57 Å². The number of halogens is 1. The Kier molecular flexibility index (Phi) is 4.69. The Hall–Kier alpha value is -0.960. The lowest BCUT2D eigenvalue weighted by molar-refractivity contribution is -0.196. The molecule has 0 aromatic carbocycles. The van der Waals surface area contributed by atoms with Crippen molar-refractivity contribution in [3.63, 3.8) is 0 Å².